The molecule has 0 amide bonds. The van der Waals surface area contributed by atoms with Gasteiger partial charge in [0.15, 0.2) is 11.5 Å². The van der Waals surface area contributed by atoms with Crippen LogP contribution < -0.4 is 0 Å². The molecule has 18 heavy (non-hydrogen) atoms. The van der Waals surface area contributed by atoms with Crippen LogP contribution in [0.2, 0.25) is 0 Å². The first-order chi connectivity index (χ1) is 8.49. The molecule has 1 aliphatic heterocycles. The third-order valence-electron chi connectivity index (χ3n) is 4.13. The molecule has 0 radical (unpaired) electrons. The Morgan fingerprint density at radius 3 is 2.17 bits per heavy atom. The predicted octanol–water partition coefficient (Wildman–Crippen LogP) is 2.85. The van der Waals surface area contributed by atoms with Crippen LogP contribution in [0, 0.1) is 0 Å². The molecule has 0 aromatic rings. The second kappa shape index (κ2) is 3.81. The summed E-state index contributed by atoms with van der Waals surface area (Å²) in [5.74, 6) is 0.402. The zero-order valence-electron chi connectivity index (χ0n) is 11.0. The van der Waals surface area contributed by atoms with Gasteiger partial charge in [-0.15, -0.1) is 0 Å². The highest BCUT2D eigenvalue weighted by molar-refractivity contribution is 6.24. The van der Waals surface area contributed by atoms with E-state index in [0.717, 1.165) is 43.3 Å². The minimum atomic E-state index is -0.332. The summed E-state index contributed by atoms with van der Waals surface area (Å²) < 4.78 is 5.78. The fraction of sp³-hybridized carbons (Fsp3) is 0.600. The monoisotopic (exact) mass is 246 g/mol. The molecule has 0 saturated heterocycles. The molecule has 0 spiro atoms. The Morgan fingerprint density at radius 1 is 0.889 bits per heavy atom. The van der Waals surface area contributed by atoms with Gasteiger partial charge in [0, 0.05) is 16.7 Å². The number of hydrogen-bond acceptors (Lipinski definition) is 3. The number of hydrogen-bond donors (Lipinski definition) is 0. The smallest absolute Gasteiger partial charge is 0.224 e. The van der Waals surface area contributed by atoms with Crippen LogP contribution in [0.3, 0.4) is 0 Å². The fourth-order valence-electron chi connectivity index (χ4n) is 3.05. The molecule has 0 unspecified atom stereocenters. The van der Waals surface area contributed by atoms with Crippen molar-refractivity contribution in [1.29, 1.82) is 0 Å². The molecule has 2 aliphatic carbocycles. The summed E-state index contributed by atoms with van der Waals surface area (Å²) in [5, 5.41) is 0. The Labute approximate surface area is 107 Å². The van der Waals surface area contributed by atoms with E-state index in [0.29, 0.717) is 17.8 Å². The van der Waals surface area contributed by atoms with Crippen molar-refractivity contribution >= 4 is 11.6 Å². The molecule has 3 rings (SSSR count). The van der Waals surface area contributed by atoms with Gasteiger partial charge in [0.05, 0.1) is 0 Å². The molecule has 96 valence electrons. The molecular formula is C15H18O3. The van der Waals surface area contributed by atoms with E-state index in [1.807, 2.05) is 13.8 Å². The van der Waals surface area contributed by atoms with Gasteiger partial charge in [-0.1, -0.05) is 0 Å². The molecule has 1 heterocycles. The van der Waals surface area contributed by atoms with Crippen LogP contribution in [-0.4, -0.2) is 17.2 Å². The van der Waals surface area contributed by atoms with Gasteiger partial charge >= 0.3 is 0 Å². The van der Waals surface area contributed by atoms with Crippen molar-refractivity contribution in [3.63, 3.8) is 0 Å². The largest absolute Gasteiger partial charge is 0.483 e. The first kappa shape index (κ1) is 11.7. The van der Waals surface area contributed by atoms with Crippen molar-refractivity contribution in [2.45, 2.75) is 58.0 Å². The van der Waals surface area contributed by atoms with Crippen LogP contribution in [-0.2, 0) is 14.3 Å². The Hall–Kier alpha value is -1.38. The van der Waals surface area contributed by atoms with Crippen LogP contribution in [0.5, 0.6) is 0 Å². The zero-order chi connectivity index (χ0) is 12.9. The zero-order valence-corrected chi connectivity index (χ0v) is 11.0. The van der Waals surface area contributed by atoms with Crippen molar-refractivity contribution < 1.29 is 14.3 Å². The summed E-state index contributed by atoms with van der Waals surface area (Å²) in [6.45, 7) is 3.94. The van der Waals surface area contributed by atoms with E-state index in [1.165, 1.54) is 0 Å². The molecular weight excluding hydrogens is 228 g/mol. The van der Waals surface area contributed by atoms with Crippen LogP contribution in [0.1, 0.15) is 52.4 Å². The second-order valence-electron chi connectivity index (χ2n) is 5.99. The van der Waals surface area contributed by atoms with Crippen LogP contribution in [0.15, 0.2) is 22.5 Å². The standard InChI is InChI=1S/C15H18O3/c1-15(2)8-7-11-12(16)9-5-3-4-6-10(9)13(17)14(11)18-15/h3-8H2,1-2H3. The lowest BCUT2D eigenvalue weighted by molar-refractivity contribution is -0.124. The van der Waals surface area contributed by atoms with Crippen molar-refractivity contribution in [1.82, 2.24) is 0 Å². The van der Waals surface area contributed by atoms with Gasteiger partial charge in [0.1, 0.15) is 5.60 Å². The van der Waals surface area contributed by atoms with Crippen LogP contribution >= 0.6 is 0 Å². The lowest BCUT2D eigenvalue weighted by Gasteiger charge is -2.36. The first-order valence-electron chi connectivity index (χ1n) is 6.73. The lowest BCUT2D eigenvalue weighted by Crippen LogP contribution is -2.37. The SMILES string of the molecule is CC1(C)CCC2=C(O1)C(=O)C1=C(CCCC1)C2=O. The summed E-state index contributed by atoms with van der Waals surface area (Å²) in [4.78, 5) is 24.8. The van der Waals surface area contributed by atoms with E-state index in [2.05, 4.69) is 0 Å². The Balaban J connectivity index is 2.05. The second-order valence-corrected chi connectivity index (χ2v) is 5.99. The van der Waals surface area contributed by atoms with Gasteiger partial charge in [0.2, 0.25) is 5.78 Å². The van der Waals surface area contributed by atoms with E-state index in [4.69, 9.17) is 4.74 Å². The number of ether oxygens (including phenoxy) is 1. The van der Waals surface area contributed by atoms with Crippen LogP contribution in [0.4, 0.5) is 0 Å². The Kier molecular flexibility index (Phi) is 2.47. The van der Waals surface area contributed by atoms with Gasteiger partial charge in [-0.3, -0.25) is 9.59 Å². The Morgan fingerprint density at radius 2 is 1.50 bits per heavy atom. The molecule has 0 bridgehead atoms. The Bertz CT molecular complexity index is 506. The highest BCUT2D eigenvalue weighted by Crippen LogP contribution is 2.41. The summed E-state index contributed by atoms with van der Waals surface area (Å²) in [5.41, 5.74) is 1.79. The van der Waals surface area contributed by atoms with E-state index in [1.54, 1.807) is 0 Å². The van der Waals surface area contributed by atoms with Gasteiger partial charge < -0.3 is 4.74 Å². The van der Waals surface area contributed by atoms with Crippen molar-refractivity contribution in [2.75, 3.05) is 0 Å². The molecule has 3 heteroatoms. The van der Waals surface area contributed by atoms with Crippen molar-refractivity contribution in [3.8, 4) is 0 Å². The quantitative estimate of drug-likeness (QED) is 0.617. The molecule has 0 fully saturated rings. The maximum absolute atomic E-state index is 12.4. The molecule has 3 nitrogen and oxygen atoms in total. The van der Waals surface area contributed by atoms with E-state index >= 15 is 0 Å². The molecule has 0 N–H and O–H groups in total. The third-order valence-corrected chi connectivity index (χ3v) is 4.13. The highest BCUT2D eigenvalue weighted by atomic mass is 16.5. The highest BCUT2D eigenvalue weighted by Gasteiger charge is 2.41. The number of rotatable bonds is 0. The van der Waals surface area contributed by atoms with Gasteiger partial charge in [-0.05, 0) is 52.4 Å². The average Bonchev–Trinajstić information content (AvgIpc) is 2.35. The number of Topliss-reactive ketones (excluding diaryl/α,β-unsaturated/α-hetero) is 2. The predicted molar refractivity (Wildman–Crippen MR) is 66.9 cm³/mol. The van der Waals surface area contributed by atoms with Gasteiger partial charge in [-0.25, -0.2) is 0 Å². The number of ketones is 2. The minimum absolute atomic E-state index is 0.0212. The summed E-state index contributed by atoms with van der Waals surface area (Å²) in [6, 6.07) is 0. The first-order valence-corrected chi connectivity index (χ1v) is 6.73. The molecule has 0 saturated carbocycles. The maximum Gasteiger partial charge on any atom is 0.224 e. The molecule has 0 atom stereocenters. The number of allylic oxidation sites excluding steroid dienone is 3. The van der Waals surface area contributed by atoms with Crippen molar-refractivity contribution in [3.05, 3.63) is 22.5 Å². The summed E-state index contributed by atoms with van der Waals surface area (Å²) in [7, 11) is 0. The van der Waals surface area contributed by atoms with Gasteiger partial charge in [-0.2, -0.15) is 0 Å². The molecule has 0 aromatic heterocycles. The fourth-order valence-corrected chi connectivity index (χ4v) is 3.05. The van der Waals surface area contributed by atoms with E-state index < -0.39 is 0 Å². The van der Waals surface area contributed by atoms with E-state index in [9.17, 15) is 9.59 Å². The third kappa shape index (κ3) is 1.64. The summed E-state index contributed by atoms with van der Waals surface area (Å²) >= 11 is 0. The minimum Gasteiger partial charge on any atom is -0.483 e. The lowest BCUT2D eigenvalue weighted by atomic mass is 9.77. The van der Waals surface area contributed by atoms with Gasteiger partial charge in [0.25, 0.3) is 0 Å². The number of carbonyl (C=O) groups excluding carboxylic acids is 2. The molecule has 0 aromatic carbocycles. The number of carbonyl (C=O) groups is 2. The normalized spacial score (nSPS) is 26.8. The summed E-state index contributed by atoms with van der Waals surface area (Å²) in [6.07, 6.45) is 4.99. The van der Waals surface area contributed by atoms with Crippen LogP contribution in [0.25, 0.3) is 0 Å². The topological polar surface area (TPSA) is 43.4 Å². The van der Waals surface area contributed by atoms with Crippen molar-refractivity contribution in [2.24, 2.45) is 0 Å². The maximum atomic E-state index is 12.4. The molecule has 3 aliphatic rings. The average molecular weight is 246 g/mol. The van der Waals surface area contributed by atoms with E-state index in [-0.39, 0.29) is 17.2 Å².